The molecule has 0 N–H and O–H groups in total. The summed E-state index contributed by atoms with van der Waals surface area (Å²) in [7, 11) is 1.95. The largest absolute Gasteiger partial charge is 0.335 e. The minimum absolute atomic E-state index is 0.106. The van der Waals surface area contributed by atoms with E-state index in [9.17, 15) is 9.18 Å². The zero-order valence-corrected chi connectivity index (χ0v) is 13.6. The molecule has 1 unspecified atom stereocenters. The number of hydrogen-bond donors (Lipinski definition) is 0. The fourth-order valence-electron chi connectivity index (χ4n) is 2.94. The molecule has 120 valence electrons. The second-order valence-electron chi connectivity index (χ2n) is 5.75. The van der Waals surface area contributed by atoms with E-state index >= 15 is 0 Å². The summed E-state index contributed by atoms with van der Waals surface area (Å²) < 4.78 is 14.1. The summed E-state index contributed by atoms with van der Waals surface area (Å²) in [6.45, 7) is 1.74. The lowest BCUT2D eigenvalue weighted by Gasteiger charge is -2.40. The zero-order valence-electron chi connectivity index (χ0n) is 12.9. The SMILES string of the molecule is CN1CCN(C(=O)c2ccccc2Cl)CC1c1ccccc1F. The quantitative estimate of drug-likeness (QED) is 0.838. The minimum atomic E-state index is -0.239. The number of carbonyl (C=O) groups excluding carboxylic acids is 1. The summed E-state index contributed by atoms with van der Waals surface area (Å²) in [5.41, 5.74) is 1.11. The molecule has 0 bridgehead atoms. The first-order chi connectivity index (χ1) is 11.1. The van der Waals surface area contributed by atoms with Crippen LogP contribution >= 0.6 is 11.6 Å². The van der Waals surface area contributed by atoms with Gasteiger partial charge in [0.05, 0.1) is 16.6 Å². The Balaban J connectivity index is 1.85. The molecule has 1 atom stereocenters. The monoisotopic (exact) mass is 332 g/mol. The molecule has 3 rings (SSSR count). The summed E-state index contributed by atoms with van der Waals surface area (Å²) in [6, 6.07) is 13.6. The average Bonchev–Trinajstić information content (AvgIpc) is 2.56. The molecule has 0 saturated carbocycles. The molecular formula is C18H18ClFN2O. The van der Waals surface area contributed by atoms with Crippen LogP contribution in [0.4, 0.5) is 4.39 Å². The van der Waals surface area contributed by atoms with Crippen LogP contribution in [0.1, 0.15) is 22.0 Å². The maximum absolute atomic E-state index is 14.1. The third kappa shape index (κ3) is 3.23. The summed E-state index contributed by atoms with van der Waals surface area (Å²) in [5, 5.41) is 0.443. The van der Waals surface area contributed by atoms with Crippen molar-refractivity contribution in [3.8, 4) is 0 Å². The Morgan fingerprint density at radius 3 is 2.57 bits per heavy atom. The number of rotatable bonds is 2. The molecule has 1 heterocycles. The lowest BCUT2D eigenvalue weighted by Crippen LogP contribution is -2.49. The van der Waals surface area contributed by atoms with Crippen LogP contribution in [-0.4, -0.2) is 42.4 Å². The summed E-state index contributed by atoms with van der Waals surface area (Å²) >= 11 is 6.13. The first-order valence-electron chi connectivity index (χ1n) is 7.56. The fraction of sp³-hybridized carbons (Fsp3) is 0.278. The molecule has 5 heteroatoms. The highest BCUT2D eigenvalue weighted by molar-refractivity contribution is 6.33. The number of hydrogen-bond acceptors (Lipinski definition) is 2. The predicted octanol–water partition coefficient (Wildman–Crippen LogP) is 3.61. The molecule has 1 fully saturated rings. The molecule has 1 amide bonds. The Labute approximate surface area is 140 Å². The van der Waals surface area contributed by atoms with Crippen LogP contribution in [0.2, 0.25) is 5.02 Å². The Kier molecular flexibility index (Phi) is 4.64. The van der Waals surface area contributed by atoms with E-state index in [1.807, 2.05) is 13.1 Å². The Morgan fingerprint density at radius 1 is 1.13 bits per heavy atom. The van der Waals surface area contributed by atoms with Crippen molar-refractivity contribution in [3.05, 3.63) is 70.5 Å². The standard InChI is InChI=1S/C18H18ClFN2O/c1-21-10-11-22(18(23)13-6-2-4-8-15(13)19)12-17(21)14-7-3-5-9-16(14)20/h2-9,17H,10-12H2,1H3. The van der Waals surface area contributed by atoms with Crippen molar-refractivity contribution < 1.29 is 9.18 Å². The van der Waals surface area contributed by atoms with Gasteiger partial charge in [-0.05, 0) is 25.2 Å². The number of nitrogens with zero attached hydrogens (tertiary/aromatic N) is 2. The van der Waals surface area contributed by atoms with Gasteiger partial charge in [0.25, 0.3) is 5.91 Å². The van der Waals surface area contributed by atoms with Gasteiger partial charge in [-0.2, -0.15) is 0 Å². The molecule has 0 radical (unpaired) electrons. The normalized spacial score (nSPS) is 18.9. The summed E-state index contributed by atoms with van der Waals surface area (Å²) in [6.07, 6.45) is 0. The van der Waals surface area contributed by atoms with Gasteiger partial charge in [0.1, 0.15) is 5.82 Å². The smallest absolute Gasteiger partial charge is 0.255 e. The number of benzene rings is 2. The van der Waals surface area contributed by atoms with Crippen LogP contribution in [-0.2, 0) is 0 Å². The van der Waals surface area contributed by atoms with E-state index in [4.69, 9.17) is 11.6 Å². The van der Waals surface area contributed by atoms with Gasteiger partial charge in [0.2, 0.25) is 0 Å². The van der Waals surface area contributed by atoms with Gasteiger partial charge < -0.3 is 4.90 Å². The van der Waals surface area contributed by atoms with E-state index in [0.717, 1.165) is 0 Å². The molecule has 2 aromatic rings. The van der Waals surface area contributed by atoms with Gasteiger partial charge in [-0.15, -0.1) is 0 Å². The zero-order chi connectivity index (χ0) is 16.4. The third-order valence-corrected chi connectivity index (χ3v) is 4.63. The lowest BCUT2D eigenvalue weighted by atomic mass is 10.0. The van der Waals surface area contributed by atoms with E-state index in [2.05, 4.69) is 4.90 Å². The highest BCUT2D eigenvalue weighted by Gasteiger charge is 2.30. The lowest BCUT2D eigenvalue weighted by molar-refractivity contribution is 0.0541. The van der Waals surface area contributed by atoms with Crippen molar-refractivity contribution in [2.45, 2.75) is 6.04 Å². The summed E-state index contributed by atoms with van der Waals surface area (Å²) in [4.78, 5) is 16.5. The van der Waals surface area contributed by atoms with Gasteiger partial charge in [-0.3, -0.25) is 9.69 Å². The van der Waals surface area contributed by atoms with Crippen LogP contribution in [0.25, 0.3) is 0 Å². The molecule has 1 aliphatic heterocycles. The molecule has 1 aliphatic rings. The number of piperazine rings is 1. The number of likely N-dealkylation sites (N-methyl/N-ethyl adjacent to an activating group) is 1. The Morgan fingerprint density at radius 2 is 1.83 bits per heavy atom. The topological polar surface area (TPSA) is 23.6 Å². The van der Waals surface area contributed by atoms with Crippen molar-refractivity contribution in [1.29, 1.82) is 0 Å². The van der Waals surface area contributed by atoms with Crippen molar-refractivity contribution >= 4 is 17.5 Å². The van der Waals surface area contributed by atoms with Gasteiger partial charge in [-0.1, -0.05) is 41.9 Å². The van der Waals surface area contributed by atoms with Crippen LogP contribution in [0.15, 0.2) is 48.5 Å². The fourth-order valence-corrected chi connectivity index (χ4v) is 3.16. The number of amides is 1. The van der Waals surface area contributed by atoms with E-state index in [-0.39, 0.29) is 17.8 Å². The average molecular weight is 333 g/mol. The second-order valence-corrected chi connectivity index (χ2v) is 6.16. The second kappa shape index (κ2) is 6.69. The van der Waals surface area contributed by atoms with E-state index in [1.54, 1.807) is 41.3 Å². The number of halogens is 2. The van der Waals surface area contributed by atoms with Crippen molar-refractivity contribution in [2.24, 2.45) is 0 Å². The first kappa shape index (κ1) is 16.0. The van der Waals surface area contributed by atoms with E-state index in [0.29, 0.717) is 35.8 Å². The third-order valence-electron chi connectivity index (χ3n) is 4.30. The van der Waals surface area contributed by atoms with Crippen LogP contribution < -0.4 is 0 Å². The number of carbonyl (C=O) groups is 1. The van der Waals surface area contributed by atoms with Gasteiger partial charge in [0.15, 0.2) is 0 Å². The maximum atomic E-state index is 14.1. The van der Waals surface area contributed by atoms with Crippen molar-refractivity contribution in [3.63, 3.8) is 0 Å². The molecule has 2 aromatic carbocycles. The molecule has 0 aliphatic carbocycles. The van der Waals surface area contributed by atoms with Crippen molar-refractivity contribution in [2.75, 3.05) is 26.7 Å². The molecular weight excluding hydrogens is 315 g/mol. The molecule has 3 nitrogen and oxygen atoms in total. The Hall–Kier alpha value is -1.91. The summed E-state index contributed by atoms with van der Waals surface area (Å²) in [5.74, 6) is -0.346. The molecule has 0 spiro atoms. The highest BCUT2D eigenvalue weighted by Crippen LogP contribution is 2.27. The van der Waals surface area contributed by atoms with Gasteiger partial charge in [-0.25, -0.2) is 4.39 Å². The van der Waals surface area contributed by atoms with Crippen LogP contribution in [0.3, 0.4) is 0 Å². The van der Waals surface area contributed by atoms with Gasteiger partial charge >= 0.3 is 0 Å². The minimum Gasteiger partial charge on any atom is -0.335 e. The molecule has 23 heavy (non-hydrogen) atoms. The molecule has 0 aromatic heterocycles. The maximum Gasteiger partial charge on any atom is 0.255 e. The van der Waals surface area contributed by atoms with E-state index in [1.165, 1.54) is 6.07 Å². The first-order valence-corrected chi connectivity index (χ1v) is 7.94. The van der Waals surface area contributed by atoms with Crippen LogP contribution in [0, 0.1) is 5.82 Å². The van der Waals surface area contributed by atoms with Crippen molar-refractivity contribution in [1.82, 2.24) is 9.80 Å². The predicted molar refractivity (Wildman–Crippen MR) is 89.1 cm³/mol. The molecule has 1 saturated heterocycles. The Bertz CT molecular complexity index is 722. The van der Waals surface area contributed by atoms with Crippen LogP contribution in [0.5, 0.6) is 0 Å². The van der Waals surface area contributed by atoms with E-state index < -0.39 is 0 Å². The van der Waals surface area contributed by atoms with Gasteiger partial charge in [0, 0.05) is 25.2 Å². The highest BCUT2D eigenvalue weighted by atomic mass is 35.5.